The Labute approximate surface area is 118 Å². The summed E-state index contributed by atoms with van der Waals surface area (Å²) in [6.45, 7) is 3.77. The highest BCUT2D eigenvalue weighted by Gasteiger charge is 2.13. The monoisotopic (exact) mass is 328 g/mol. The number of hydrogen-bond acceptors (Lipinski definition) is 5. The normalized spacial score (nSPS) is 12.5. The van der Waals surface area contributed by atoms with E-state index >= 15 is 0 Å². The predicted octanol–water partition coefficient (Wildman–Crippen LogP) is 3.30. The van der Waals surface area contributed by atoms with Gasteiger partial charge in [-0.1, -0.05) is 5.10 Å². The maximum Gasteiger partial charge on any atom is 0.320 e. The minimum absolute atomic E-state index is 0.0363. The molecule has 0 radical (unpaired) electrons. The number of nitrogens with one attached hydrogen (secondary N) is 2. The molecule has 0 saturated heterocycles. The summed E-state index contributed by atoms with van der Waals surface area (Å²) in [5.74, 6) is 0.122. The molecule has 7 heteroatoms. The minimum Gasteiger partial charge on any atom is -0.406 e. The van der Waals surface area contributed by atoms with Crippen molar-refractivity contribution >= 4 is 27.6 Å². The van der Waals surface area contributed by atoms with Gasteiger partial charge in [0, 0.05) is 5.69 Å². The summed E-state index contributed by atoms with van der Waals surface area (Å²) in [6, 6.07) is 3.27. The van der Waals surface area contributed by atoms with Gasteiger partial charge in [0.1, 0.15) is 5.82 Å². The maximum absolute atomic E-state index is 13.5. The number of aryl methyl sites for hydroxylation is 1. The van der Waals surface area contributed by atoms with Crippen LogP contribution in [0.25, 0.3) is 0 Å². The Morgan fingerprint density at radius 2 is 2.11 bits per heavy atom. The average molecular weight is 329 g/mol. The van der Waals surface area contributed by atoms with Crippen LogP contribution in [0.3, 0.4) is 0 Å². The zero-order chi connectivity index (χ0) is 14.0. The van der Waals surface area contributed by atoms with E-state index in [0.29, 0.717) is 16.1 Å². The third kappa shape index (κ3) is 3.10. The van der Waals surface area contributed by atoms with Crippen LogP contribution in [0.5, 0.6) is 0 Å². The Morgan fingerprint density at radius 3 is 2.79 bits per heavy atom. The average Bonchev–Trinajstić information content (AvgIpc) is 2.83. The zero-order valence-corrected chi connectivity index (χ0v) is 12.4. The standard InChI is InChI=1S/C12H14BrFN4O/c1-6-4-8(13)9(14)5-10(6)16-12-18-17-11(19-12)7(2)15-3/h4-5,7,15H,1-3H3,(H,16,18). The SMILES string of the molecule is CNC(C)c1nnc(Nc2cc(F)c(Br)cc2C)o1. The third-order valence-electron chi connectivity index (χ3n) is 2.75. The molecule has 5 nitrogen and oxygen atoms in total. The first kappa shape index (κ1) is 14.0. The van der Waals surface area contributed by atoms with E-state index < -0.39 is 0 Å². The smallest absolute Gasteiger partial charge is 0.320 e. The molecule has 0 bridgehead atoms. The molecule has 2 N–H and O–H groups in total. The van der Waals surface area contributed by atoms with Crippen LogP contribution in [-0.4, -0.2) is 17.2 Å². The Bertz CT molecular complexity index is 587. The summed E-state index contributed by atoms with van der Waals surface area (Å²) in [7, 11) is 1.80. The number of anilines is 2. The second-order valence-electron chi connectivity index (χ2n) is 4.16. The van der Waals surface area contributed by atoms with Crippen molar-refractivity contribution in [1.29, 1.82) is 0 Å². The second-order valence-corrected chi connectivity index (χ2v) is 5.02. The van der Waals surface area contributed by atoms with Crippen molar-refractivity contribution in [1.82, 2.24) is 15.5 Å². The summed E-state index contributed by atoms with van der Waals surface area (Å²) in [5.41, 5.74) is 1.46. The molecule has 1 aromatic carbocycles. The van der Waals surface area contributed by atoms with E-state index in [1.165, 1.54) is 6.07 Å². The quantitative estimate of drug-likeness (QED) is 0.901. The number of hydrogen-bond donors (Lipinski definition) is 2. The molecule has 0 aliphatic carbocycles. The van der Waals surface area contributed by atoms with Crippen LogP contribution in [0.15, 0.2) is 21.0 Å². The van der Waals surface area contributed by atoms with E-state index in [1.807, 2.05) is 13.8 Å². The topological polar surface area (TPSA) is 63.0 Å². The lowest BCUT2D eigenvalue weighted by molar-refractivity contribution is 0.443. The van der Waals surface area contributed by atoms with Gasteiger partial charge < -0.3 is 15.1 Å². The molecule has 0 amide bonds. The van der Waals surface area contributed by atoms with Gasteiger partial charge in [0.15, 0.2) is 0 Å². The molecule has 102 valence electrons. The highest BCUT2D eigenvalue weighted by Crippen LogP contribution is 2.26. The Hall–Kier alpha value is -1.47. The molecule has 1 unspecified atom stereocenters. The van der Waals surface area contributed by atoms with Crippen molar-refractivity contribution in [3.8, 4) is 0 Å². The number of halogens is 2. The maximum atomic E-state index is 13.5. The van der Waals surface area contributed by atoms with Crippen molar-refractivity contribution in [3.05, 3.63) is 33.9 Å². The second kappa shape index (κ2) is 5.66. The van der Waals surface area contributed by atoms with Gasteiger partial charge in [-0.05, 0) is 54.5 Å². The Morgan fingerprint density at radius 1 is 1.37 bits per heavy atom. The predicted molar refractivity (Wildman–Crippen MR) is 73.9 cm³/mol. The van der Waals surface area contributed by atoms with E-state index in [2.05, 4.69) is 36.8 Å². The summed E-state index contributed by atoms with van der Waals surface area (Å²) in [5, 5.41) is 13.7. The number of rotatable bonds is 4. The summed E-state index contributed by atoms with van der Waals surface area (Å²) < 4.78 is 19.3. The van der Waals surface area contributed by atoms with Crippen LogP contribution in [-0.2, 0) is 0 Å². The van der Waals surface area contributed by atoms with Gasteiger partial charge in [0.25, 0.3) is 0 Å². The lowest BCUT2D eigenvalue weighted by Crippen LogP contribution is -2.12. The summed E-state index contributed by atoms with van der Waals surface area (Å²) in [6.07, 6.45) is 0. The molecule has 0 aliphatic heterocycles. The first-order chi connectivity index (χ1) is 9.01. The van der Waals surface area contributed by atoms with Gasteiger partial charge in [-0.15, -0.1) is 5.10 Å². The van der Waals surface area contributed by atoms with E-state index in [0.717, 1.165) is 5.56 Å². The Kier molecular flexibility index (Phi) is 4.16. The minimum atomic E-state index is -0.351. The lowest BCUT2D eigenvalue weighted by Gasteiger charge is -2.07. The van der Waals surface area contributed by atoms with Gasteiger partial charge in [-0.3, -0.25) is 0 Å². The van der Waals surface area contributed by atoms with E-state index in [4.69, 9.17) is 4.42 Å². The Balaban J connectivity index is 2.22. The van der Waals surface area contributed by atoms with Gasteiger partial charge in [0.05, 0.1) is 10.5 Å². The molecule has 1 heterocycles. The van der Waals surface area contributed by atoms with Crippen molar-refractivity contribution in [2.75, 3.05) is 12.4 Å². The van der Waals surface area contributed by atoms with Crippen molar-refractivity contribution in [2.45, 2.75) is 19.9 Å². The fraction of sp³-hybridized carbons (Fsp3) is 0.333. The van der Waals surface area contributed by atoms with Crippen molar-refractivity contribution in [3.63, 3.8) is 0 Å². The zero-order valence-electron chi connectivity index (χ0n) is 10.8. The molecular weight excluding hydrogens is 315 g/mol. The van der Waals surface area contributed by atoms with Gasteiger partial charge in [0.2, 0.25) is 5.89 Å². The van der Waals surface area contributed by atoms with Crippen molar-refractivity contribution in [2.24, 2.45) is 0 Å². The summed E-state index contributed by atoms with van der Waals surface area (Å²) in [4.78, 5) is 0. The molecule has 0 aliphatic rings. The van der Waals surface area contributed by atoms with Gasteiger partial charge in [-0.25, -0.2) is 4.39 Å². The number of benzene rings is 1. The molecule has 0 saturated carbocycles. The highest BCUT2D eigenvalue weighted by atomic mass is 79.9. The van der Waals surface area contributed by atoms with Gasteiger partial charge >= 0.3 is 6.01 Å². The first-order valence-corrected chi connectivity index (χ1v) is 6.54. The van der Waals surface area contributed by atoms with E-state index in [1.54, 1.807) is 13.1 Å². The third-order valence-corrected chi connectivity index (χ3v) is 3.36. The van der Waals surface area contributed by atoms with Gasteiger partial charge in [-0.2, -0.15) is 0 Å². The van der Waals surface area contributed by atoms with Crippen LogP contribution in [0.4, 0.5) is 16.1 Å². The lowest BCUT2D eigenvalue weighted by atomic mass is 10.2. The number of nitrogens with zero attached hydrogens (tertiary/aromatic N) is 2. The van der Waals surface area contributed by atoms with Crippen LogP contribution in [0, 0.1) is 12.7 Å². The van der Waals surface area contributed by atoms with Crippen LogP contribution >= 0.6 is 15.9 Å². The summed E-state index contributed by atoms with van der Waals surface area (Å²) >= 11 is 3.14. The largest absolute Gasteiger partial charge is 0.406 e. The van der Waals surface area contributed by atoms with Crippen LogP contribution in [0.1, 0.15) is 24.4 Å². The number of aromatic nitrogens is 2. The van der Waals surface area contributed by atoms with E-state index in [-0.39, 0.29) is 17.9 Å². The van der Waals surface area contributed by atoms with Crippen LogP contribution < -0.4 is 10.6 Å². The molecule has 0 spiro atoms. The molecule has 2 rings (SSSR count). The molecule has 0 fully saturated rings. The first-order valence-electron chi connectivity index (χ1n) is 5.74. The molecule has 19 heavy (non-hydrogen) atoms. The highest BCUT2D eigenvalue weighted by molar-refractivity contribution is 9.10. The fourth-order valence-electron chi connectivity index (χ4n) is 1.48. The molecule has 1 atom stereocenters. The fourth-order valence-corrected chi connectivity index (χ4v) is 1.94. The van der Waals surface area contributed by atoms with Crippen molar-refractivity contribution < 1.29 is 8.81 Å². The van der Waals surface area contributed by atoms with E-state index in [9.17, 15) is 4.39 Å². The molecule has 2 aromatic rings. The molecule has 1 aromatic heterocycles. The van der Waals surface area contributed by atoms with Crippen LogP contribution in [0.2, 0.25) is 0 Å². The molecular formula is C12H14BrFN4O.